The van der Waals surface area contributed by atoms with E-state index < -0.39 is 5.82 Å². The number of Topliss-reactive ketones (excluding diaryl/α,β-unsaturated/α-hetero) is 1. The van der Waals surface area contributed by atoms with E-state index in [1.54, 1.807) is 12.1 Å². The Morgan fingerprint density at radius 3 is 3.00 bits per heavy atom. The second-order valence-corrected chi connectivity index (χ2v) is 4.90. The first-order valence-electron chi connectivity index (χ1n) is 5.78. The van der Waals surface area contributed by atoms with Crippen LogP contribution in [0.3, 0.4) is 0 Å². The molecule has 2 atom stereocenters. The molecule has 0 spiro atoms. The second-order valence-electron chi connectivity index (χ2n) is 4.49. The van der Waals surface area contributed by atoms with E-state index in [4.69, 9.17) is 11.6 Å². The lowest BCUT2D eigenvalue weighted by Gasteiger charge is -2.14. The Hall–Kier alpha value is -0.930. The van der Waals surface area contributed by atoms with E-state index in [9.17, 15) is 9.18 Å². The highest BCUT2D eigenvalue weighted by atomic mass is 35.5. The number of nitrogens with one attached hydrogen (secondary N) is 1. The Morgan fingerprint density at radius 2 is 2.35 bits per heavy atom. The Balaban J connectivity index is 2.10. The zero-order valence-electron chi connectivity index (χ0n) is 9.67. The Bertz CT molecular complexity index is 435. The molecule has 1 saturated heterocycles. The van der Waals surface area contributed by atoms with E-state index in [2.05, 4.69) is 5.32 Å². The summed E-state index contributed by atoms with van der Waals surface area (Å²) in [4.78, 5) is 12.0. The third-order valence-corrected chi connectivity index (χ3v) is 3.63. The van der Waals surface area contributed by atoms with E-state index in [0.29, 0.717) is 5.56 Å². The van der Waals surface area contributed by atoms with Crippen molar-refractivity contribution in [3.8, 4) is 0 Å². The summed E-state index contributed by atoms with van der Waals surface area (Å²) in [5, 5.41) is 3.30. The van der Waals surface area contributed by atoms with Gasteiger partial charge in [-0.1, -0.05) is 23.7 Å². The molecule has 2 nitrogen and oxygen atoms in total. The van der Waals surface area contributed by atoms with Crippen LogP contribution in [-0.4, -0.2) is 18.4 Å². The van der Waals surface area contributed by atoms with Crippen LogP contribution in [0.4, 0.5) is 4.39 Å². The molecule has 2 unspecified atom stereocenters. The van der Waals surface area contributed by atoms with Crippen LogP contribution in [0.1, 0.15) is 18.9 Å². The van der Waals surface area contributed by atoms with Gasteiger partial charge in [-0.15, -0.1) is 0 Å². The number of carbonyl (C=O) groups excluding carboxylic acids is 1. The topological polar surface area (TPSA) is 29.1 Å². The summed E-state index contributed by atoms with van der Waals surface area (Å²) in [6, 6.07) is 4.96. The van der Waals surface area contributed by atoms with Gasteiger partial charge in [-0.2, -0.15) is 0 Å². The van der Waals surface area contributed by atoms with Crippen molar-refractivity contribution < 1.29 is 9.18 Å². The predicted molar refractivity (Wildman–Crippen MR) is 65.7 cm³/mol. The highest BCUT2D eigenvalue weighted by Crippen LogP contribution is 2.22. The van der Waals surface area contributed by atoms with Gasteiger partial charge < -0.3 is 5.32 Å². The predicted octanol–water partition coefficient (Wildman–Crippen LogP) is 2.59. The smallest absolute Gasteiger partial charge is 0.145 e. The summed E-state index contributed by atoms with van der Waals surface area (Å²) in [6.07, 6.45) is 0.964. The number of hydrogen-bond acceptors (Lipinski definition) is 2. The lowest BCUT2D eigenvalue weighted by atomic mass is 9.92. The van der Waals surface area contributed by atoms with Gasteiger partial charge in [0.05, 0.1) is 5.02 Å². The van der Waals surface area contributed by atoms with Crippen LogP contribution < -0.4 is 5.32 Å². The fraction of sp³-hybridized carbons (Fsp3) is 0.462. The van der Waals surface area contributed by atoms with E-state index in [1.807, 2.05) is 6.92 Å². The minimum Gasteiger partial charge on any atom is -0.314 e. The highest BCUT2D eigenvalue weighted by Gasteiger charge is 2.29. The number of carbonyl (C=O) groups is 1. The van der Waals surface area contributed by atoms with Gasteiger partial charge in [0.25, 0.3) is 0 Å². The SMILES string of the molecule is CC1NCCC1C(=O)Cc1cccc(Cl)c1F. The molecule has 92 valence electrons. The normalized spacial score (nSPS) is 23.9. The van der Waals surface area contributed by atoms with Gasteiger partial charge >= 0.3 is 0 Å². The molecule has 17 heavy (non-hydrogen) atoms. The molecule has 0 saturated carbocycles. The monoisotopic (exact) mass is 255 g/mol. The van der Waals surface area contributed by atoms with Gasteiger partial charge in [0.15, 0.2) is 0 Å². The number of halogens is 2. The van der Waals surface area contributed by atoms with E-state index in [1.165, 1.54) is 6.07 Å². The molecule has 1 aromatic rings. The molecule has 1 N–H and O–H groups in total. The maximum Gasteiger partial charge on any atom is 0.145 e. The van der Waals surface area contributed by atoms with Crippen molar-refractivity contribution in [2.45, 2.75) is 25.8 Å². The molecule has 0 aliphatic carbocycles. The van der Waals surface area contributed by atoms with E-state index >= 15 is 0 Å². The number of rotatable bonds is 3. The third-order valence-electron chi connectivity index (χ3n) is 3.34. The fourth-order valence-electron chi connectivity index (χ4n) is 2.30. The number of benzene rings is 1. The van der Waals surface area contributed by atoms with Crippen molar-refractivity contribution in [2.75, 3.05) is 6.54 Å². The van der Waals surface area contributed by atoms with Crippen LogP contribution in [-0.2, 0) is 11.2 Å². The quantitative estimate of drug-likeness (QED) is 0.900. The molecule has 4 heteroatoms. The zero-order chi connectivity index (χ0) is 12.4. The summed E-state index contributed by atoms with van der Waals surface area (Å²) in [6.45, 7) is 2.85. The zero-order valence-corrected chi connectivity index (χ0v) is 10.4. The Morgan fingerprint density at radius 1 is 1.59 bits per heavy atom. The summed E-state index contributed by atoms with van der Waals surface area (Å²) in [5.41, 5.74) is 0.390. The molecule has 1 fully saturated rings. The van der Waals surface area contributed by atoms with E-state index in [0.717, 1.165) is 13.0 Å². The Labute approximate surface area is 105 Å². The molecular formula is C13H15ClFNO. The average molecular weight is 256 g/mol. The standard InChI is InChI=1S/C13H15ClFNO/c1-8-10(5-6-16-8)12(17)7-9-3-2-4-11(14)13(9)15/h2-4,8,10,16H,5-7H2,1H3. The van der Waals surface area contributed by atoms with Gasteiger partial charge in [-0.3, -0.25) is 4.79 Å². The first-order valence-corrected chi connectivity index (χ1v) is 6.16. The number of hydrogen-bond donors (Lipinski definition) is 1. The molecule has 1 heterocycles. The fourth-order valence-corrected chi connectivity index (χ4v) is 2.50. The first-order chi connectivity index (χ1) is 8.09. The molecule has 1 aromatic carbocycles. The number of ketones is 1. The van der Waals surface area contributed by atoms with Gasteiger partial charge in [0, 0.05) is 18.4 Å². The average Bonchev–Trinajstić information content (AvgIpc) is 2.71. The minimum atomic E-state index is -0.471. The van der Waals surface area contributed by atoms with E-state index in [-0.39, 0.29) is 29.2 Å². The van der Waals surface area contributed by atoms with Gasteiger partial charge in [-0.05, 0) is 31.5 Å². The molecule has 1 aliphatic heterocycles. The molecule has 1 aliphatic rings. The molecule has 0 amide bonds. The van der Waals surface area contributed by atoms with Crippen LogP contribution in [0, 0.1) is 11.7 Å². The van der Waals surface area contributed by atoms with Crippen LogP contribution in [0.2, 0.25) is 5.02 Å². The third kappa shape index (κ3) is 2.67. The molecule has 0 bridgehead atoms. The summed E-state index contributed by atoms with van der Waals surface area (Å²) in [7, 11) is 0. The van der Waals surface area contributed by atoms with Crippen molar-refractivity contribution in [3.05, 3.63) is 34.6 Å². The van der Waals surface area contributed by atoms with Crippen molar-refractivity contribution in [1.29, 1.82) is 0 Å². The molecular weight excluding hydrogens is 241 g/mol. The maximum absolute atomic E-state index is 13.6. The van der Waals surface area contributed by atoms with Crippen LogP contribution in [0.5, 0.6) is 0 Å². The summed E-state index contributed by atoms with van der Waals surface area (Å²) >= 11 is 5.69. The first kappa shape index (κ1) is 12.5. The molecule has 0 aromatic heterocycles. The summed E-state index contributed by atoms with van der Waals surface area (Å²) < 4.78 is 13.6. The van der Waals surface area contributed by atoms with Gasteiger partial charge in [0.2, 0.25) is 0 Å². The van der Waals surface area contributed by atoms with Crippen LogP contribution in [0.15, 0.2) is 18.2 Å². The lowest BCUT2D eigenvalue weighted by Crippen LogP contribution is -2.29. The van der Waals surface area contributed by atoms with Gasteiger partial charge in [0.1, 0.15) is 11.6 Å². The lowest BCUT2D eigenvalue weighted by molar-refractivity contribution is -0.122. The van der Waals surface area contributed by atoms with Crippen molar-refractivity contribution in [2.24, 2.45) is 5.92 Å². The van der Waals surface area contributed by atoms with Crippen LogP contribution >= 0.6 is 11.6 Å². The largest absolute Gasteiger partial charge is 0.314 e. The maximum atomic E-state index is 13.6. The second kappa shape index (κ2) is 5.15. The highest BCUT2D eigenvalue weighted by molar-refractivity contribution is 6.30. The van der Waals surface area contributed by atoms with Crippen molar-refractivity contribution in [1.82, 2.24) is 5.32 Å². The van der Waals surface area contributed by atoms with Crippen molar-refractivity contribution in [3.63, 3.8) is 0 Å². The minimum absolute atomic E-state index is 0.00613. The molecule has 2 rings (SSSR count). The summed E-state index contributed by atoms with van der Waals surface area (Å²) in [5.74, 6) is -0.391. The molecule has 0 radical (unpaired) electrons. The van der Waals surface area contributed by atoms with Gasteiger partial charge in [-0.25, -0.2) is 4.39 Å². The Kier molecular flexibility index (Phi) is 3.79. The van der Waals surface area contributed by atoms with Crippen molar-refractivity contribution >= 4 is 17.4 Å². The van der Waals surface area contributed by atoms with Crippen LogP contribution in [0.25, 0.3) is 0 Å².